The van der Waals surface area contributed by atoms with Crippen LogP contribution in [-0.2, 0) is 0 Å². The van der Waals surface area contributed by atoms with Crippen molar-refractivity contribution in [2.24, 2.45) is 0 Å². The fourth-order valence-electron chi connectivity index (χ4n) is 1.62. The molecule has 0 bridgehead atoms. The smallest absolute Gasteiger partial charge is 0.142 e. The maximum Gasteiger partial charge on any atom is 0.142 e. The Bertz CT molecular complexity index is 594. The maximum absolute atomic E-state index is 6.12. The molecule has 0 saturated heterocycles. The predicted molar refractivity (Wildman–Crippen MR) is 82.2 cm³/mol. The lowest BCUT2D eigenvalue weighted by atomic mass is 10.2. The van der Waals surface area contributed by atoms with E-state index in [4.69, 9.17) is 45.3 Å². The minimum absolute atomic E-state index is 0.423. The van der Waals surface area contributed by atoms with Crippen LogP contribution in [0.2, 0.25) is 15.1 Å². The minimum atomic E-state index is 0.423. The normalized spacial score (nSPS) is 10.3. The van der Waals surface area contributed by atoms with Crippen LogP contribution in [0.3, 0.4) is 0 Å². The summed E-state index contributed by atoms with van der Waals surface area (Å²) in [7, 11) is 1.57. The zero-order valence-electron chi connectivity index (χ0n) is 10.0. The van der Waals surface area contributed by atoms with Gasteiger partial charge in [0, 0.05) is 10.7 Å². The Balaban J connectivity index is 2.44. The van der Waals surface area contributed by atoms with Crippen LogP contribution < -0.4 is 15.8 Å². The van der Waals surface area contributed by atoms with E-state index < -0.39 is 0 Å². The molecular weight excluding hydrogens is 307 g/mol. The average Bonchev–Trinajstić information content (AvgIpc) is 2.34. The second-order valence-electron chi connectivity index (χ2n) is 3.83. The average molecular weight is 318 g/mol. The molecule has 0 atom stereocenters. The van der Waals surface area contributed by atoms with E-state index in [-0.39, 0.29) is 0 Å². The van der Waals surface area contributed by atoms with E-state index in [0.717, 1.165) is 0 Å². The van der Waals surface area contributed by atoms with Crippen LogP contribution in [0.4, 0.5) is 17.1 Å². The molecule has 0 heterocycles. The van der Waals surface area contributed by atoms with Gasteiger partial charge in [0.1, 0.15) is 5.75 Å². The van der Waals surface area contributed by atoms with Crippen molar-refractivity contribution in [3.05, 3.63) is 45.4 Å². The quantitative estimate of drug-likeness (QED) is 0.785. The van der Waals surface area contributed by atoms with Crippen LogP contribution in [-0.4, -0.2) is 7.11 Å². The van der Waals surface area contributed by atoms with Crippen molar-refractivity contribution in [3.63, 3.8) is 0 Å². The van der Waals surface area contributed by atoms with Gasteiger partial charge in [0.25, 0.3) is 0 Å². The molecule has 0 fully saturated rings. The van der Waals surface area contributed by atoms with Crippen molar-refractivity contribution in [2.75, 3.05) is 18.2 Å². The van der Waals surface area contributed by atoms with Crippen molar-refractivity contribution >= 4 is 51.9 Å². The number of rotatable bonds is 3. The highest BCUT2D eigenvalue weighted by Gasteiger charge is 2.11. The van der Waals surface area contributed by atoms with Gasteiger partial charge in [-0.25, -0.2) is 0 Å². The molecule has 2 aromatic carbocycles. The van der Waals surface area contributed by atoms with Gasteiger partial charge in [-0.3, -0.25) is 0 Å². The van der Waals surface area contributed by atoms with Gasteiger partial charge in [0.2, 0.25) is 0 Å². The Hall–Kier alpha value is -1.29. The third-order valence-electron chi connectivity index (χ3n) is 2.49. The lowest BCUT2D eigenvalue weighted by Crippen LogP contribution is -1.97. The molecule has 6 heteroatoms. The Morgan fingerprint density at radius 3 is 2.26 bits per heavy atom. The van der Waals surface area contributed by atoms with Crippen molar-refractivity contribution in [1.29, 1.82) is 0 Å². The minimum Gasteiger partial charge on any atom is -0.495 e. The molecule has 3 nitrogen and oxygen atoms in total. The molecule has 19 heavy (non-hydrogen) atoms. The van der Waals surface area contributed by atoms with Gasteiger partial charge in [-0.1, -0.05) is 34.8 Å². The van der Waals surface area contributed by atoms with Crippen molar-refractivity contribution in [1.82, 2.24) is 0 Å². The number of hydrogen-bond donors (Lipinski definition) is 2. The molecule has 100 valence electrons. The molecule has 2 rings (SSSR count). The number of nitrogens with two attached hydrogens (primary N) is 1. The Kier molecular flexibility index (Phi) is 4.30. The highest BCUT2D eigenvalue weighted by Crippen LogP contribution is 2.38. The van der Waals surface area contributed by atoms with E-state index in [1.54, 1.807) is 37.4 Å². The van der Waals surface area contributed by atoms with Gasteiger partial charge in [0.05, 0.1) is 28.5 Å². The summed E-state index contributed by atoms with van der Waals surface area (Å²) in [5.41, 5.74) is 7.38. The summed E-state index contributed by atoms with van der Waals surface area (Å²) in [6.07, 6.45) is 0. The lowest BCUT2D eigenvalue weighted by Gasteiger charge is -2.14. The van der Waals surface area contributed by atoms with Gasteiger partial charge >= 0.3 is 0 Å². The first kappa shape index (κ1) is 14.1. The van der Waals surface area contributed by atoms with E-state index in [1.807, 2.05) is 0 Å². The van der Waals surface area contributed by atoms with Crippen LogP contribution in [0.25, 0.3) is 0 Å². The molecule has 0 saturated carbocycles. The molecule has 0 aliphatic rings. The standard InChI is InChI=1S/C13H11Cl3N2O/c1-19-12-3-2-7(14)4-11(12)18-13-9(15)5-8(17)6-10(13)16/h2-6,18H,17H2,1H3. The number of nitrogens with one attached hydrogen (secondary N) is 1. The van der Waals surface area contributed by atoms with Crippen molar-refractivity contribution in [3.8, 4) is 5.75 Å². The zero-order chi connectivity index (χ0) is 14.0. The lowest BCUT2D eigenvalue weighted by molar-refractivity contribution is 0.417. The first-order valence-corrected chi connectivity index (χ1v) is 6.49. The van der Waals surface area contributed by atoms with Crippen LogP contribution in [0.1, 0.15) is 0 Å². The third-order valence-corrected chi connectivity index (χ3v) is 3.32. The second kappa shape index (κ2) is 5.78. The highest BCUT2D eigenvalue weighted by atomic mass is 35.5. The maximum atomic E-state index is 6.12. The largest absolute Gasteiger partial charge is 0.495 e. The number of hydrogen-bond acceptors (Lipinski definition) is 3. The monoisotopic (exact) mass is 316 g/mol. The molecule has 0 radical (unpaired) electrons. The SMILES string of the molecule is COc1ccc(Cl)cc1Nc1c(Cl)cc(N)cc1Cl. The van der Waals surface area contributed by atoms with Gasteiger partial charge in [-0.15, -0.1) is 0 Å². The van der Waals surface area contributed by atoms with Crippen LogP contribution >= 0.6 is 34.8 Å². The van der Waals surface area contributed by atoms with Gasteiger partial charge < -0.3 is 15.8 Å². The molecule has 2 aromatic rings. The Morgan fingerprint density at radius 2 is 1.68 bits per heavy atom. The van der Waals surface area contributed by atoms with Crippen LogP contribution in [0.15, 0.2) is 30.3 Å². The van der Waals surface area contributed by atoms with E-state index in [1.165, 1.54) is 0 Å². The van der Waals surface area contributed by atoms with Crippen molar-refractivity contribution < 1.29 is 4.74 Å². The Morgan fingerprint density at radius 1 is 1.05 bits per heavy atom. The number of ether oxygens (including phenoxy) is 1. The number of methoxy groups -OCH3 is 1. The first-order chi connectivity index (χ1) is 9.01. The van der Waals surface area contributed by atoms with Crippen LogP contribution in [0, 0.1) is 0 Å². The van der Waals surface area contributed by atoms with Crippen molar-refractivity contribution in [2.45, 2.75) is 0 Å². The summed E-state index contributed by atoms with van der Waals surface area (Å²) in [6, 6.07) is 8.45. The Labute approximate surface area is 126 Å². The van der Waals surface area contributed by atoms with Gasteiger partial charge in [-0.05, 0) is 30.3 Å². The summed E-state index contributed by atoms with van der Waals surface area (Å²) in [5.74, 6) is 0.633. The van der Waals surface area contributed by atoms with E-state index in [9.17, 15) is 0 Å². The molecule has 0 aliphatic carbocycles. The molecule has 0 unspecified atom stereocenters. The number of anilines is 3. The second-order valence-corrected chi connectivity index (χ2v) is 5.08. The summed E-state index contributed by atoms with van der Waals surface area (Å²) >= 11 is 18.2. The first-order valence-electron chi connectivity index (χ1n) is 5.36. The number of benzene rings is 2. The molecule has 0 aliphatic heterocycles. The summed E-state index contributed by atoms with van der Waals surface area (Å²) < 4.78 is 5.24. The number of nitrogen functional groups attached to an aromatic ring is 1. The van der Waals surface area contributed by atoms with E-state index >= 15 is 0 Å². The van der Waals surface area contributed by atoms with Gasteiger partial charge in [0.15, 0.2) is 0 Å². The van der Waals surface area contributed by atoms with E-state index in [0.29, 0.717) is 37.9 Å². The topological polar surface area (TPSA) is 47.3 Å². The summed E-state index contributed by atoms with van der Waals surface area (Å²) in [4.78, 5) is 0. The molecule has 0 aromatic heterocycles. The molecule has 0 amide bonds. The predicted octanol–water partition coefficient (Wildman–Crippen LogP) is 4.98. The van der Waals surface area contributed by atoms with Gasteiger partial charge in [-0.2, -0.15) is 0 Å². The molecule has 0 spiro atoms. The summed E-state index contributed by atoms with van der Waals surface area (Å²) in [6.45, 7) is 0. The zero-order valence-corrected chi connectivity index (χ0v) is 12.3. The fraction of sp³-hybridized carbons (Fsp3) is 0.0769. The third kappa shape index (κ3) is 3.18. The number of halogens is 3. The fourth-order valence-corrected chi connectivity index (χ4v) is 2.40. The van der Waals surface area contributed by atoms with Crippen LogP contribution in [0.5, 0.6) is 5.75 Å². The van der Waals surface area contributed by atoms with E-state index in [2.05, 4.69) is 5.32 Å². The summed E-state index contributed by atoms with van der Waals surface area (Å²) in [5, 5.41) is 4.52. The highest BCUT2D eigenvalue weighted by molar-refractivity contribution is 6.39. The molecular formula is C13H11Cl3N2O. The molecule has 3 N–H and O–H groups in total.